The molecule has 17 heavy (non-hydrogen) atoms. The SMILES string of the molecule is C=C(Nc1ccc(C)cc1)c1ccc(C)nc1. The van der Waals surface area contributed by atoms with Crippen LogP contribution in [0.5, 0.6) is 0 Å². The molecule has 0 aliphatic rings. The second-order valence-corrected chi connectivity index (χ2v) is 4.16. The minimum atomic E-state index is 0.862. The Morgan fingerprint density at radius 2 is 1.76 bits per heavy atom. The van der Waals surface area contributed by atoms with Crippen LogP contribution in [0.15, 0.2) is 49.2 Å². The van der Waals surface area contributed by atoms with Gasteiger partial charge in [0, 0.05) is 28.8 Å². The topological polar surface area (TPSA) is 24.9 Å². The Labute approximate surface area is 102 Å². The van der Waals surface area contributed by atoms with Gasteiger partial charge in [0.15, 0.2) is 0 Å². The third-order valence-electron chi connectivity index (χ3n) is 2.61. The van der Waals surface area contributed by atoms with Gasteiger partial charge in [-0.25, -0.2) is 0 Å². The molecule has 0 radical (unpaired) electrons. The number of aromatic nitrogens is 1. The molecule has 2 aromatic rings. The first kappa shape index (κ1) is 11.4. The van der Waals surface area contributed by atoms with Crippen molar-refractivity contribution in [2.45, 2.75) is 13.8 Å². The van der Waals surface area contributed by atoms with E-state index in [-0.39, 0.29) is 0 Å². The van der Waals surface area contributed by atoms with Crippen molar-refractivity contribution in [1.82, 2.24) is 4.98 Å². The van der Waals surface area contributed by atoms with Crippen molar-refractivity contribution < 1.29 is 0 Å². The van der Waals surface area contributed by atoms with Gasteiger partial charge in [-0.05, 0) is 38.1 Å². The molecule has 0 amide bonds. The van der Waals surface area contributed by atoms with E-state index in [9.17, 15) is 0 Å². The summed E-state index contributed by atoms with van der Waals surface area (Å²) in [5.74, 6) is 0. The second kappa shape index (κ2) is 4.83. The number of aryl methyl sites for hydroxylation is 2. The summed E-state index contributed by atoms with van der Waals surface area (Å²) in [6, 6.07) is 12.2. The maximum atomic E-state index is 4.26. The lowest BCUT2D eigenvalue weighted by molar-refractivity contribution is 1.19. The third-order valence-corrected chi connectivity index (χ3v) is 2.61. The van der Waals surface area contributed by atoms with Gasteiger partial charge < -0.3 is 5.32 Å². The molecular weight excluding hydrogens is 208 g/mol. The molecule has 0 bridgehead atoms. The molecule has 0 unspecified atom stereocenters. The molecule has 1 N–H and O–H groups in total. The maximum absolute atomic E-state index is 4.26. The molecular formula is C15H16N2. The Bertz CT molecular complexity index is 510. The van der Waals surface area contributed by atoms with Crippen LogP contribution in [-0.2, 0) is 0 Å². The van der Waals surface area contributed by atoms with Crippen molar-refractivity contribution in [1.29, 1.82) is 0 Å². The zero-order valence-corrected chi connectivity index (χ0v) is 10.2. The minimum absolute atomic E-state index is 0.862. The number of nitrogens with zero attached hydrogens (tertiary/aromatic N) is 1. The largest absolute Gasteiger partial charge is 0.355 e. The number of nitrogens with one attached hydrogen (secondary N) is 1. The molecule has 0 aliphatic heterocycles. The number of benzene rings is 1. The van der Waals surface area contributed by atoms with E-state index in [2.05, 4.69) is 35.9 Å². The number of hydrogen-bond donors (Lipinski definition) is 1. The number of hydrogen-bond acceptors (Lipinski definition) is 2. The van der Waals surface area contributed by atoms with Gasteiger partial charge in [-0.1, -0.05) is 24.3 Å². The van der Waals surface area contributed by atoms with Crippen LogP contribution in [0.3, 0.4) is 0 Å². The average Bonchev–Trinajstić information content (AvgIpc) is 2.33. The van der Waals surface area contributed by atoms with Crippen LogP contribution in [0.25, 0.3) is 5.70 Å². The smallest absolute Gasteiger partial charge is 0.0400 e. The molecule has 0 saturated carbocycles. The quantitative estimate of drug-likeness (QED) is 0.858. The standard InChI is InChI=1S/C15H16N2/c1-11-4-8-15(9-5-11)17-13(3)14-7-6-12(2)16-10-14/h4-10,17H,3H2,1-2H3. The Balaban J connectivity index is 2.11. The molecule has 2 rings (SSSR count). The number of pyridine rings is 1. The Morgan fingerprint density at radius 1 is 1.06 bits per heavy atom. The van der Waals surface area contributed by atoms with Crippen molar-refractivity contribution in [2.75, 3.05) is 5.32 Å². The van der Waals surface area contributed by atoms with E-state index in [1.54, 1.807) is 0 Å². The van der Waals surface area contributed by atoms with E-state index in [0.29, 0.717) is 0 Å². The minimum Gasteiger partial charge on any atom is -0.355 e. The van der Waals surface area contributed by atoms with E-state index >= 15 is 0 Å². The van der Waals surface area contributed by atoms with E-state index in [0.717, 1.165) is 22.6 Å². The molecule has 0 atom stereocenters. The molecule has 2 nitrogen and oxygen atoms in total. The summed E-state index contributed by atoms with van der Waals surface area (Å²) in [6.07, 6.45) is 1.83. The first-order valence-electron chi connectivity index (χ1n) is 5.61. The first-order chi connectivity index (χ1) is 8.15. The lowest BCUT2D eigenvalue weighted by atomic mass is 10.2. The van der Waals surface area contributed by atoms with Gasteiger partial charge in [0.2, 0.25) is 0 Å². The summed E-state index contributed by atoms with van der Waals surface area (Å²) in [5.41, 5.74) is 5.17. The summed E-state index contributed by atoms with van der Waals surface area (Å²) >= 11 is 0. The monoisotopic (exact) mass is 224 g/mol. The van der Waals surface area contributed by atoms with Crippen LogP contribution >= 0.6 is 0 Å². The molecule has 2 heteroatoms. The van der Waals surface area contributed by atoms with Gasteiger partial charge in [0.05, 0.1) is 0 Å². The van der Waals surface area contributed by atoms with Crippen molar-refractivity contribution in [3.8, 4) is 0 Å². The van der Waals surface area contributed by atoms with Crippen molar-refractivity contribution in [2.24, 2.45) is 0 Å². The number of anilines is 1. The Morgan fingerprint density at radius 3 is 2.35 bits per heavy atom. The maximum Gasteiger partial charge on any atom is 0.0400 e. The summed E-state index contributed by atoms with van der Waals surface area (Å²) in [5, 5.41) is 3.27. The van der Waals surface area contributed by atoms with Crippen molar-refractivity contribution in [3.05, 3.63) is 66.0 Å². The lowest BCUT2D eigenvalue weighted by Gasteiger charge is -2.09. The highest BCUT2D eigenvalue weighted by atomic mass is 14.9. The summed E-state index contributed by atoms with van der Waals surface area (Å²) in [4.78, 5) is 4.26. The Kier molecular flexibility index (Phi) is 3.24. The van der Waals surface area contributed by atoms with Gasteiger partial charge in [-0.3, -0.25) is 4.98 Å². The second-order valence-electron chi connectivity index (χ2n) is 4.16. The predicted molar refractivity (Wildman–Crippen MR) is 72.8 cm³/mol. The lowest BCUT2D eigenvalue weighted by Crippen LogP contribution is -1.98. The van der Waals surface area contributed by atoms with E-state index in [1.165, 1.54) is 5.56 Å². The molecule has 0 fully saturated rings. The zero-order chi connectivity index (χ0) is 12.3. The van der Waals surface area contributed by atoms with Crippen molar-refractivity contribution in [3.63, 3.8) is 0 Å². The van der Waals surface area contributed by atoms with Gasteiger partial charge in [-0.15, -0.1) is 0 Å². The molecule has 1 aromatic carbocycles. The van der Waals surface area contributed by atoms with Crippen LogP contribution < -0.4 is 5.32 Å². The number of rotatable bonds is 3. The molecule has 1 heterocycles. The molecule has 86 valence electrons. The van der Waals surface area contributed by atoms with E-state index < -0.39 is 0 Å². The third kappa shape index (κ3) is 2.94. The van der Waals surface area contributed by atoms with Gasteiger partial charge in [0.1, 0.15) is 0 Å². The van der Waals surface area contributed by atoms with E-state index in [4.69, 9.17) is 0 Å². The van der Waals surface area contributed by atoms with E-state index in [1.807, 2.05) is 37.4 Å². The summed E-state index contributed by atoms with van der Waals surface area (Å²) < 4.78 is 0. The van der Waals surface area contributed by atoms with Crippen LogP contribution in [-0.4, -0.2) is 4.98 Å². The highest BCUT2D eigenvalue weighted by Gasteiger charge is 1.99. The van der Waals surface area contributed by atoms with Crippen LogP contribution in [0.2, 0.25) is 0 Å². The highest BCUT2D eigenvalue weighted by Crippen LogP contribution is 2.16. The van der Waals surface area contributed by atoms with Gasteiger partial charge in [0.25, 0.3) is 0 Å². The molecule has 1 aromatic heterocycles. The van der Waals surface area contributed by atoms with Crippen LogP contribution in [0.1, 0.15) is 16.8 Å². The first-order valence-corrected chi connectivity index (χ1v) is 5.61. The summed E-state index contributed by atoms with van der Waals surface area (Å²) in [6.45, 7) is 8.07. The molecule has 0 aliphatic carbocycles. The predicted octanol–water partition coefficient (Wildman–Crippen LogP) is 3.78. The van der Waals surface area contributed by atoms with Crippen LogP contribution in [0, 0.1) is 13.8 Å². The summed E-state index contributed by atoms with van der Waals surface area (Å²) in [7, 11) is 0. The highest BCUT2D eigenvalue weighted by molar-refractivity contribution is 5.74. The molecule has 0 spiro atoms. The Hall–Kier alpha value is -2.09. The fourth-order valence-corrected chi connectivity index (χ4v) is 1.53. The fourth-order valence-electron chi connectivity index (χ4n) is 1.53. The van der Waals surface area contributed by atoms with Crippen molar-refractivity contribution >= 4 is 11.4 Å². The van der Waals surface area contributed by atoms with Gasteiger partial charge >= 0.3 is 0 Å². The van der Waals surface area contributed by atoms with Crippen LogP contribution in [0.4, 0.5) is 5.69 Å². The average molecular weight is 224 g/mol. The normalized spacial score (nSPS) is 10.0. The fraction of sp³-hybridized carbons (Fsp3) is 0.133. The zero-order valence-electron chi connectivity index (χ0n) is 10.2. The molecule has 0 saturated heterocycles. The van der Waals surface area contributed by atoms with Gasteiger partial charge in [-0.2, -0.15) is 0 Å².